The Morgan fingerprint density at radius 3 is 2.32 bits per heavy atom. The normalized spacial score (nSPS) is 15.0. The molecular formula is C27H49N3O4. The van der Waals surface area contributed by atoms with Crippen molar-refractivity contribution in [2.45, 2.75) is 78.3 Å². The van der Waals surface area contributed by atoms with Crippen molar-refractivity contribution in [3.05, 3.63) is 23.8 Å². The Morgan fingerprint density at radius 2 is 1.71 bits per heavy atom. The summed E-state index contributed by atoms with van der Waals surface area (Å²) >= 11 is 0. The second-order valence-corrected chi connectivity index (χ2v) is 9.73. The molecule has 0 aromatic heterocycles. The fraction of sp³-hybridized carbons (Fsp3) is 0.741. The van der Waals surface area contributed by atoms with Crippen molar-refractivity contribution in [2.24, 2.45) is 29.2 Å². The minimum absolute atomic E-state index is 0.0628. The first kappa shape index (κ1) is 30.2. The first-order chi connectivity index (χ1) is 16.2. The highest BCUT2D eigenvalue weighted by atomic mass is 16.5. The molecule has 0 heterocycles. The Kier molecular flexibility index (Phi) is 14.9. The van der Waals surface area contributed by atoms with Crippen LogP contribution in [-0.2, 0) is 16.0 Å². The SMILES string of the molecule is CCCCNC(=O)[C@H](C)C[C@H](N)[C@@H](N)C[C@H](Cc1ccc(OC)c(OCCCOC)c1)C(C)C. The number of nitrogens with one attached hydrogen (secondary N) is 1. The summed E-state index contributed by atoms with van der Waals surface area (Å²) in [7, 11) is 3.34. The lowest BCUT2D eigenvalue weighted by Gasteiger charge is -2.29. The second kappa shape index (κ2) is 16.7. The number of ether oxygens (including phenoxy) is 3. The number of benzene rings is 1. The van der Waals surface area contributed by atoms with E-state index in [-0.39, 0.29) is 23.9 Å². The van der Waals surface area contributed by atoms with Crippen LogP contribution in [0.3, 0.4) is 0 Å². The minimum Gasteiger partial charge on any atom is -0.493 e. The van der Waals surface area contributed by atoms with Crippen LogP contribution in [0, 0.1) is 17.8 Å². The van der Waals surface area contributed by atoms with Crippen molar-refractivity contribution in [2.75, 3.05) is 34.0 Å². The zero-order valence-electron chi connectivity index (χ0n) is 22.3. The van der Waals surface area contributed by atoms with Gasteiger partial charge in [0.1, 0.15) is 0 Å². The van der Waals surface area contributed by atoms with Crippen LogP contribution in [0.15, 0.2) is 18.2 Å². The molecule has 5 N–H and O–H groups in total. The molecule has 0 saturated heterocycles. The topological polar surface area (TPSA) is 109 Å². The molecule has 0 aliphatic heterocycles. The van der Waals surface area contributed by atoms with Gasteiger partial charge in [0.05, 0.1) is 13.7 Å². The second-order valence-electron chi connectivity index (χ2n) is 9.73. The maximum absolute atomic E-state index is 12.3. The summed E-state index contributed by atoms with van der Waals surface area (Å²) in [5.41, 5.74) is 14.2. The van der Waals surface area contributed by atoms with Crippen molar-refractivity contribution in [3.63, 3.8) is 0 Å². The van der Waals surface area contributed by atoms with Gasteiger partial charge < -0.3 is 31.0 Å². The first-order valence-electron chi connectivity index (χ1n) is 12.8. The Labute approximate surface area is 207 Å². The van der Waals surface area contributed by atoms with Crippen molar-refractivity contribution >= 4 is 5.91 Å². The predicted molar refractivity (Wildman–Crippen MR) is 139 cm³/mol. The number of unbranched alkanes of at least 4 members (excludes halogenated alkanes) is 1. The van der Waals surface area contributed by atoms with Gasteiger partial charge in [-0.05, 0) is 55.2 Å². The summed E-state index contributed by atoms with van der Waals surface area (Å²) in [6.45, 7) is 10.4. The van der Waals surface area contributed by atoms with E-state index in [1.165, 1.54) is 5.56 Å². The molecule has 0 aliphatic carbocycles. The van der Waals surface area contributed by atoms with E-state index >= 15 is 0 Å². The molecule has 196 valence electrons. The lowest BCUT2D eigenvalue weighted by molar-refractivity contribution is -0.124. The number of amides is 1. The van der Waals surface area contributed by atoms with Crippen molar-refractivity contribution in [1.82, 2.24) is 5.32 Å². The van der Waals surface area contributed by atoms with Crippen LogP contribution in [0.2, 0.25) is 0 Å². The number of hydrogen-bond donors (Lipinski definition) is 3. The van der Waals surface area contributed by atoms with E-state index < -0.39 is 0 Å². The fourth-order valence-electron chi connectivity index (χ4n) is 4.02. The van der Waals surface area contributed by atoms with Gasteiger partial charge in [-0.25, -0.2) is 0 Å². The van der Waals surface area contributed by atoms with Gasteiger partial charge in [-0.2, -0.15) is 0 Å². The van der Waals surface area contributed by atoms with E-state index in [1.54, 1.807) is 14.2 Å². The number of rotatable bonds is 18. The van der Waals surface area contributed by atoms with Gasteiger partial charge in [-0.1, -0.05) is 40.2 Å². The summed E-state index contributed by atoms with van der Waals surface area (Å²) in [5.74, 6) is 2.21. The van der Waals surface area contributed by atoms with Crippen LogP contribution in [0.25, 0.3) is 0 Å². The monoisotopic (exact) mass is 479 g/mol. The third-order valence-electron chi connectivity index (χ3n) is 6.45. The van der Waals surface area contributed by atoms with Gasteiger partial charge in [-0.15, -0.1) is 0 Å². The lowest BCUT2D eigenvalue weighted by Crippen LogP contribution is -2.46. The molecule has 34 heavy (non-hydrogen) atoms. The standard InChI is InChI=1S/C27H49N3O4/c1-7-8-12-30-27(31)20(4)15-23(28)24(29)18-22(19(2)3)16-21-10-11-25(33-6)26(17-21)34-14-9-13-32-5/h10-11,17,19-20,22-24H,7-9,12-16,18,28-29H2,1-6H3,(H,30,31)/t20-,22+,23+,24+/m1/s1. The van der Waals surface area contributed by atoms with Crippen LogP contribution in [0.1, 0.15) is 65.4 Å². The molecular weight excluding hydrogens is 430 g/mol. The Morgan fingerprint density at radius 1 is 1.00 bits per heavy atom. The molecule has 0 unspecified atom stereocenters. The largest absolute Gasteiger partial charge is 0.493 e. The minimum atomic E-state index is -0.219. The van der Waals surface area contributed by atoms with Crippen LogP contribution in [0.5, 0.6) is 11.5 Å². The zero-order valence-corrected chi connectivity index (χ0v) is 22.3. The molecule has 7 heteroatoms. The molecule has 1 rings (SSSR count). The molecule has 7 nitrogen and oxygen atoms in total. The number of nitrogens with two attached hydrogens (primary N) is 2. The summed E-state index contributed by atoms with van der Waals surface area (Å²) in [5, 5.41) is 2.99. The van der Waals surface area contributed by atoms with E-state index in [4.69, 9.17) is 25.7 Å². The highest BCUT2D eigenvalue weighted by Crippen LogP contribution is 2.31. The predicted octanol–water partition coefficient (Wildman–Crippen LogP) is 3.91. The maximum Gasteiger partial charge on any atom is 0.222 e. The van der Waals surface area contributed by atoms with E-state index in [0.29, 0.717) is 31.5 Å². The Hall–Kier alpha value is -1.83. The third-order valence-corrected chi connectivity index (χ3v) is 6.45. The number of hydrogen-bond acceptors (Lipinski definition) is 6. The Bertz CT molecular complexity index is 698. The highest BCUT2D eigenvalue weighted by Gasteiger charge is 2.25. The van der Waals surface area contributed by atoms with Gasteiger partial charge in [0.2, 0.25) is 5.91 Å². The maximum atomic E-state index is 12.3. The number of carbonyl (C=O) groups is 1. The van der Waals surface area contributed by atoms with Crippen molar-refractivity contribution in [3.8, 4) is 11.5 Å². The highest BCUT2D eigenvalue weighted by molar-refractivity contribution is 5.78. The lowest BCUT2D eigenvalue weighted by atomic mass is 9.81. The molecule has 1 amide bonds. The van der Waals surface area contributed by atoms with Crippen LogP contribution in [0.4, 0.5) is 0 Å². The average Bonchev–Trinajstić information content (AvgIpc) is 2.81. The number of carbonyl (C=O) groups excluding carboxylic acids is 1. The van der Waals surface area contributed by atoms with Crippen LogP contribution < -0.4 is 26.3 Å². The number of methoxy groups -OCH3 is 2. The van der Waals surface area contributed by atoms with Crippen molar-refractivity contribution < 1.29 is 19.0 Å². The zero-order chi connectivity index (χ0) is 25.5. The van der Waals surface area contributed by atoms with E-state index in [1.807, 2.05) is 13.0 Å². The van der Waals surface area contributed by atoms with Gasteiger partial charge in [0.15, 0.2) is 11.5 Å². The van der Waals surface area contributed by atoms with Gasteiger partial charge in [0.25, 0.3) is 0 Å². The van der Waals surface area contributed by atoms with Gasteiger partial charge in [-0.3, -0.25) is 4.79 Å². The van der Waals surface area contributed by atoms with E-state index in [2.05, 4.69) is 38.2 Å². The summed E-state index contributed by atoms with van der Waals surface area (Å²) in [4.78, 5) is 12.3. The molecule has 4 atom stereocenters. The molecule has 1 aromatic rings. The molecule has 0 aliphatic rings. The average molecular weight is 480 g/mol. The molecule has 0 spiro atoms. The summed E-state index contributed by atoms with van der Waals surface area (Å²) < 4.78 is 16.5. The molecule has 0 radical (unpaired) electrons. The van der Waals surface area contributed by atoms with Crippen LogP contribution >= 0.6 is 0 Å². The summed E-state index contributed by atoms with van der Waals surface area (Å²) in [6, 6.07) is 5.73. The molecule has 1 aromatic carbocycles. The fourth-order valence-corrected chi connectivity index (χ4v) is 4.02. The smallest absolute Gasteiger partial charge is 0.222 e. The van der Waals surface area contributed by atoms with E-state index in [0.717, 1.165) is 50.1 Å². The third kappa shape index (κ3) is 11.1. The van der Waals surface area contributed by atoms with Gasteiger partial charge in [0, 0.05) is 44.7 Å². The van der Waals surface area contributed by atoms with Gasteiger partial charge >= 0.3 is 0 Å². The summed E-state index contributed by atoms with van der Waals surface area (Å²) in [6.07, 6.45) is 5.14. The quantitative estimate of drug-likeness (QED) is 0.275. The first-order valence-corrected chi connectivity index (χ1v) is 12.8. The van der Waals surface area contributed by atoms with Crippen LogP contribution in [-0.4, -0.2) is 52.0 Å². The van der Waals surface area contributed by atoms with Crippen molar-refractivity contribution in [1.29, 1.82) is 0 Å². The molecule has 0 saturated carbocycles. The Balaban J connectivity index is 2.73. The van der Waals surface area contributed by atoms with E-state index in [9.17, 15) is 4.79 Å². The molecule has 0 fully saturated rings. The molecule has 0 bridgehead atoms.